The molecule has 0 bridgehead atoms. The molecule has 1 N–H and O–H groups in total. The van der Waals surface area contributed by atoms with E-state index in [0.29, 0.717) is 32.0 Å². The van der Waals surface area contributed by atoms with Crippen LogP contribution in [0.5, 0.6) is 0 Å². The minimum Gasteiger partial charge on any atom is -0.466 e. The van der Waals surface area contributed by atoms with E-state index in [9.17, 15) is 14.7 Å². The molecule has 0 aliphatic carbocycles. The lowest BCUT2D eigenvalue weighted by molar-refractivity contribution is -0.146. The highest BCUT2D eigenvalue weighted by molar-refractivity contribution is 5.69. The van der Waals surface area contributed by atoms with Gasteiger partial charge in [0.1, 0.15) is 0 Å². The maximum Gasteiger partial charge on any atom is 0.305 e. The van der Waals surface area contributed by atoms with E-state index in [-0.39, 0.29) is 24.0 Å². The molecule has 0 unspecified atom stereocenters. The van der Waals surface area contributed by atoms with Crippen molar-refractivity contribution in [3.63, 3.8) is 0 Å². The van der Waals surface area contributed by atoms with E-state index < -0.39 is 0 Å². The summed E-state index contributed by atoms with van der Waals surface area (Å²) in [5, 5.41) is 9.31. The predicted molar refractivity (Wildman–Crippen MR) is 227 cm³/mol. The summed E-state index contributed by atoms with van der Waals surface area (Å²) < 4.78 is 11.4. The molecule has 0 atom stereocenters. The molecule has 0 saturated heterocycles. The van der Waals surface area contributed by atoms with Gasteiger partial charge in [-0.3, -0.25) is 9.59 Å². The minimum absolute atomic E-state index is 0.00465. The fourth-order valence-corrected chi connectivity index (χ4v) is 7.39. The Morgan fingerprint density at radius 1 is 0.509 bits per heavy atom. The average Bonchev–Trinajstić information content (AvgIpc) is 3.13. The Bertz CT molecular complexity index is 773. The van der Waals surface area contributed by atoms with Gasteiger partial charge >= 0.3 is 11.9 Å². The van der Waals surface area contributed by atoms with Crippen molar-refractivity contribution in [3.05, 3.63) is 0 Å². The summed E-state index contributed by atoms with van der Waals surface area (Å²) in [6.45, 7) is 16.1. The number of hydrogen-bond donors (Lipinski definition) is 1. The second kappa shape index (κ2) is 39.1. The lowest BCUT2D eigenvalue weighted by atomic mass is 9.84. The maximum atomic E-state index is 12.6. The highest BCUT2D eigenvalue weighted by atomic mass is 16.5. The van der Waals surface area contributed by atoms with Crippen molar-refractivity contribution in [2.24, 2.45) is 11.3 Å². The summed E-state index contributed by atoms with van der Waals surface area (Å²) in [6, 6.07) is 0. The molecular formula is C47H93NO5. The van der Waals surface area contributed by atoms with E-state index in [0.717, 1.165) is 71.0 Å². The number of carbonyl (C=O) groups is 2. The molecule has 0 rings (SSSR count). The Labute approximate surface area is 331 Å². The molecule has 0 spiro atoms. The number of nitrogens with zero attached hydrogens (tertiary/aromatic N) is 1. The third-order valence-electron chi connectivity index (χ3n) is 11.3. The Hall–Kier alpha value is -1.14. The monoisotopic (exact) mass is 752 g/mol. The average molecular weight is 752 g/mol. The van der Waals surface area contributed by atoms with Gasteiger partial charge in [-0.05, 0) is 95.2 Å². The van der Waals surface area contributed by atoms with E-state index >= 15 is 0 Å². The van der Waals surface area contributed by atoms with Gasteiger partial charge in [-0.2, -0.15) is 0 Å². The van der Waals surface area contributed by atoms with Crippen molar-refractivity contribution < 1.29 is 24.2 Å². The van der Waals surface area contributed by atoms with Gasteiger partial charge in [0.25, 0.3) is 0 Å². The highest BCUT2D eigenvalue weighted by Gasteiger charge is 2.19. The molecule has 0 saturated carbocycles. The molecule has 6 nitrogen and oxygen atoms in total. The molecule has 0 aromatic heterocycles. The third kappa shape index (κ3) is 37.6. The minimum atomic E-state index is -0.0266. The molecule has 0 aromatic rings. The molecular weight excluding hydrogens is 659 g/mol. The van der Waals surface area contributed by atoms with Gasteiger partial charge in [0.05, 0.1) is 13.2 Å². The largest absolute Gasteiger partial charge is 0.466 e. The SMILES string of the molecule is CCCCCCCCCC(=O)OCCC(C)(C)CCCCN(CCCCO)CCCCCCCC(=O)OCC(CCCCCCC)CCCCCCC. The van der Waals surface area contributed by atoms with Crippen molar-refractivity contribution in [2.75, 3.05) is 39.5 Å². The normalized spacial score (nSPS) is 11.9. The lowest BCUT2D eigenvalue weighted by Crippen LogP contribution is -2.28. The molecule has 0 aromatic carbocycles. The zero-order valence-electron chi connectivity index (χ0n) is 36.5. The van der Waals surface area contributed by atoms with Crippen LogP contribution in [0.25, 0.3) is 0 Å². The number of aliphatic hydroxyl groups excluding tert-OH is 1. The van der Waals surface area contributed by atoms with Gasteiger partial charge in [0.15, 0.2) is 0 Å². The number of hydrogen-bond acceptors (Lipinski definition) is 6. The van der Waals surface area contributed by atoms with Gasteiger partial charge in [0.2, 0.25) is 0 Å². The van der Waals surface area contributed by atoms with Crippen LogP contribution in [0, 0.1) is 11.3 Å². The number of aliphatic hydroxyl groups is 1. The van der Waals surface area contributed by atoms with Crippen molar-refractivity contribution in [1.82, 2.24) is 4.90 Å². The quantitative estimate of drug-likeness (QED) is 0.0494. The van der Waals surface area contributed by atoms with Crippen molar-refractivity contribution >= 4 is 11.9 Å². The van der Waals surface area contributed by atoms with Crippen molar-refractivity contribution in [2.45, 2.75) is 240 Å². The van der Waals surface area contributed by atoms with Crippen LogP contribution in [0.2, 0.25) is 0 Å². The standard InChI is InChI=1S/C47H93NO5/c1-6-9-12-15-16-20-25-34-45(50)52-42-37-47(4,5)36-27-29-39-48(40-30-31-41-49)38-28-22-17-21-26-35-46(51)53-43-44(32-23-18-13-10-7-2)33-24-19-14-11-8-3/h44,49H,6-43H2,1-5H3. The van der Waals surface area contributed by atoms with Crippen molar-refractivity contribution in [3.8, 4) is 0 Å². The first kappa shape index (κ1) is 51.9. The fraction of sp³-hybridized carbons (Fsp3) is 0.957. The summed E-state index contributed by atoms with van der Waals surface area (Å²) in [7, 11) is 0. The molecule has 53 heavy (non-hydrogen) atoms. The third-order valence-corrected chi connectivity index (χ3v) is 11.3. The molecule has 0 aliphatic heterocycles. The smallest absolute Gasteiger partial charge is 0.305 e. The maximum absolute atomic E-state index is 12.6. The second-order valence-electron chi connectivity index (χ2n) is 17.2. The van der Waals surface area contributed by atoms with Crippen LogP contribution in [0.15, 0.2) is 0 Å². The zero-order chi connectivity index (χ0) is 39.1. The molecule has 0 amide bonds. The molecule has 0 heterocycles. The number of ether oxygens (including phenoxy) is 2. The van der Waals surface area contributed by atoms with Crippen LogP contribution in [0.1, 0.15) is 240 Å². The van der Waals surface area contributed by atoms with E-state index in [1.807, 2.05) is 0 Å². The first-order valence-electron chi connectivity index (χ1n) is 23.4. The predicted octanol–water partition coefficient (Wildman–Crippen LogP) is 13.6. The van der Waals surface area contributed by atoms with Gasteiger partial charge in [-0.15, -0.1) is 0 Å². The van der Waals surface area contributed by atoms with Crippen LogP contribution in [0.3, 0.4) is 0 Å². The number of esters is 2. The number of rotatable bonds is 42. The Morgan fingerprint density at radius 2 is 0.925 bits per heavy atom. The lowest BCUT2D eigenvalue weighted by Gasteiger charge is -2.26. The van der Waals surface area contributed by atoms with Gasteiger partial charge in [0, 0.05) is 19.4 Å². The zero-order valence-corrected chi connectivity index (χ0v) is 36.5. The van der Waals surface area contributed by atoms with Crippen molar-refractivity contribution in [1.29, 1.82) is 0 Å². The van der Waals surface area contributed by atoms with E-state index in [2.05, 4.69) is 39.5 Å². The van der Waals surface area contributed by atoms with Crippen LogP contribution in [-0.2, 0) is 19.1 Å². The Morgan fingerprint density at radius 3 is 1.43 bits per heavy atom. The van der Waals surface area contributed by atoms with E-state index in [1.165, 1.54) is 141 Å². The molecule has 316 valence electrons. The molecule has 6 heteroatoms. The second-order valence-corrected chi connectivity index (χ2v) is 17.2. The fourth-order valence-electron chi connectivity index (χ4n) is 7.39. The van der Waals surface area contributed by atoms with Crippen LogP contribution < -0.4 is 0 Å². The van der Waals surface area contributed by atoms with E-state index in [1.54, 1.807) is 0 Å². The van der Waals surface area contributed by atoms with Crippen LogP contribution in [-0.4, -0.2) is 61.4 Å². The summed E-state index contributed by atoms with van der Waals surface area (Å²) in [4.78, 5) is 27.3. The number of unbranched alkanes of at least 4 members (excludes halogenated alkanes) is 20. The first-order chi connectivity index (χ1) is 25.8. The molecule has 0 fully saturated rings. The van der Waals surface area contributed by atoms with Gasteiger partial charge in [-0.1, -0.05) is 163 Å². The summed E-state index contributed by atoms with van der Waals surface area (Å²) in [5.74, 6) is 0.515. The number of carbonyl (C=O) groups excluding carboxylic acids is 2. The van der Waals surface area contributed by atoms with Crippen LogP contribution in [0.4, 0.5) is 0 Å². The Balaban J connectivity index is 4.20. The Kier molecular flexibility index (Phi) is 38.3. The topological polar surface area (TPSA) is 76.1 Å². The summed E-state index contributed by atoms with van der Waals surface area (Å²) in [6.07, 6.45) is 37.1. The van der Waals surface area contributed by atoms with E-state index in [4.69, 9.17) is 9.47 Å². The molecule has 0 aliphatic rings. The van der Waals surface area contributed by atoms with Crippen LogP contribution >= 0.6 is 0 Å². The summed E-state index contributed by atoms with van der Waals surface area (Å²) >= 11 is 0. The first-order valence-corrected chi connectivity index (χ1v) is 23.4. The van der Waals surface area contributed by atoms with Gasteiger partial charge < -0.3 is 19.5 Å². The van der Waals surface area contributed by atoms with Gasteiger partial charge in [-0.25, -0.2) is 0 Å². The highest BCUT2D eigenvalue weighted by Crippen LogP contribution is 2.28. The molecule has 0 radical (unpaired) electrons. The summed E-state index contributed by atoms with van der Waals surface area (Å²) in [5.41, 5.74) is 0.178.